The number of anilines is 1. The zero-order valence-electron chi connectivity index (χ0n) is 13.3. The Kier molecular flexibility index (Phi) is 10.2. The Hall–Kier alpha value is -0.970. The Morgan fingerprint density at radius 2 is 1.86 bits per heavy atom. The Morgan fingerprint density at radius 3 is 2.32 bits per heavy atom. The van der Waals surface area contributed by atoms with E-state index in [-0.39, 0.29) is 30.7 Å². The molecule has 2 rings (SSSR count). The van der Waals surface area contributed by atoms with Gasteiger partial charge in [-0.25, -0.2) is 0 Å². The summed E-state index contributed by atoms with van der Waals surface area (Å²) in [7, 11) is 0. The highest BCUT2D eigenvalue weighted by atomic mass is 35.5. The molecule has 0 unspecified atom stereocenters. The average molecular weight is 348 g/mol. The van der Waals surface area contributed by atoms with E-state index in [4.69, 9.17) is 0 Å². The lowest BCUT2D eigenvalue weighted by atomic mass is 10.0. The van der Waals surface area contributed by atoms with Gasteiger partial charge in [-0.1, -0.05) is 6.92 Å². The molecule has 2 N–H and O–H groups in total. The minimum Gasteiger partial charge on any atom is -0.372 e. The summed E-state index contributed by atoms with van der Waals surface area (Å²) in [6.07, 6.45) is 1.13. The molecule has 4 nitrogen and oxygen atoms in total. The summed E-state index contributed by atoms with van der Waals surface area (Å²) in [5, 5.41) is 6.20. The molecule has 0 atom stereocenters. The third-order valence-corrected chi connectivity index (χ3v) is 3.79. The van der Waals surface area contributed by atoms with Crippen molar-refractivity contribution in [2.24, 2.45) is 5.92 Å². The predicted molar refractivity (Wildman–Crippen MR) is 97.8 cm³/mol. The van der Waals surface area contributed by atoms with Gasteiger partial charge in [-0.15, -0.1) is 24.8 Å². The molecule has 1 saturated heterocycles. The fourth-order valence-electron chi connectivity index (χ4n) is 2.40. The molecule has 1 aliphatic rings. The molecule has 126 valence electrons. The molecule has 0 saturated carbocycles. The molecule has 1 aromatic carbocycles. The van der Waals surface area contributed by atoms with Crippen LogP contribution >= 0.6 is 24.8 Å². The van der Waals surface area contributed by atoms with E-state index in [1.807, 2.05) is 24.3 Å². The third-order valence-electron chi connectivity index (χ3n) is 3.79. The topological polar surface area (TPSA) is 44.4 Å². The lowest BCUT2D eigenvalue weighted by Crippen LogP contribution is -2.48. The lowest BCUT2D eigenvalue weighted by molar-refractivity contribution is 0.0942. The number of hydrogen-bond acceptors (Lipinski definition) is 3. The monoisotopic (exact) mass is 347 g/mol. The van der Waals surface area contributed by atoms with Gasteiger partial charge in [0, 0.05) is 49.9 Å². The Balaban J connectivity index is 0.00000220. The van der Waals surface area contributed by atoms with Crippen LogP contribution in [0.3, 0.4) is 0 Å². The number of hydrogen-bond donors (Lipinski definition) is 2. The zero-order valence-corrected chi connectivity index (χ0v) is 14.9. The molecular weight excluding hydrogens is 321 g/mol. The first-order chi connectivity index (χ1) is 9.74. The number of halogens is 2. The van der Waals surface area contributed by atoms with Crippen molar-refractivity contribution in [2.75, 3.05) is 37.6 Å². The molecule has 1 fully saturated rings. The fourth-order valence-corrected chi connectivity index (χ4v) is 2.40. The normalized spacial score (nSPS) is 13.4. The van der Waals surface area contributed by atoms with Crippen molar-refractivity contribution in [3.05, 3.63) is 29.8 Å². The minimum atomic E-state index is 0. The van der Waals surface area contributed by atoms with Gasteiger partial charge in [0.1, 0.15) is 0 Å². The number of rotatable bonds is 7. The van der Waals surface area contributed by atoms with Crippen LogP contribution in [-0.2, 0) is 0 Å². The van der Waals surface area contributed by atoms with Gasteiger partial charge in [0.2, 0.25) is 0 Å². The van der Waals surface area contributed by atoms with Crippen LogP contribution in [-0.4, -0.2) is 38.6 Å². The summed E-state index contributed by atoms with van der Waals surface area (Å²) in [5.41, 5.74) is 1.93. The van der Waals surface area contributed by atoms with Gasteiger partial charge in [0.05, 0.1) is 0 Å². The number of carbonyl (C=O) groups excluding carboxylic acids is 1. The van der Waals surface area contributed by atoms with Crippen LogP contribution in [0.1, 0.15) is 30.6 Å². The maximum atomic E-state index is 12.0. The predicted octanol–water partition coefficient (Wildman–Crippen LogP) is 2.72. The van der Waals surface area contributed by atoms with Crippen LogP contribution in [0.5, 0.6) is 0 Å². The van der Waals surface area contributed by atoms with Crippen molar-refractivity contribution >= 4 is 36.4 Å². The SMILES string of the molecule is CCCN(CC)c1ccc(C(=O)NCC2CNC2)cc1.Cl.Cl. The van der Waals surface area contributed by atoms with Crippen molar-refractivity contribution in [2.45, 2.75) is 20.3 Å². The summed E-state index contributed by atoms with van der Waals surface area (Å²) in [6.45, 7) is 9.18. The van der Waals surface area contributed by atoms with Gasteiger partial charge >= 0.3 is 0 Å². The fraction of sp³-hybridized carbons (Fsp3) is 0.562. The quantitative estimate of drug-likeness (QED) is 0.796. The number of nitrogens with zero attached hydrogens (tertiary/aromatic N) is 1. The third kappa shape index (κ3) is 5.67. The van der Waals surface area contributed by atoms with Crippen LogP contribution in [0, 0.1) is 5.92 Å². The maximum Gasteiger partial charge on any atom is 0.251 e. The van der Waals surface area contributed by atoms with Crippen LogP contribution in [0.4, 0.5) is 5.69 Å². The van der Waals surface area contributed by atoms with Gasteiger partial charge in [-0.2, -0.15) is 0 Å². The van der Waals surface area contributed by atoms with Crippen LogP contribution < -0.4 is 15.5 Å². The van der Waals surface area contributed by atoms with Crippen molar-refractivity contribution in [3.63, 3.8) is 0 Å². The molecule has 1 amide bonds. The summed E-state index contributed by atoms with van der Waals surface area (Å²) in [6, 6.07) is 7.92. The van der Waals surface area contributed by atoms with E-state index in [0.29, 0.717) is 5.92 Å². The highest BCUT2D eigenvalue weighted by Crippen LogP contribution is 2.15. The van der Waals surface area contributed by atoms with Gasteiger partial charge in [-0.05, 0) is 37.6 Å². The molecule has 0 bridgehead atoms. The van der Waals surface area contributed by atoms with E-state index in [9.17, 15) is 4.79 Å². The van der Waals surface area contributed by atoms with E-state index in [1.165, 1.54) is 5.69 Å². The molecule has 0 spiro atoms. The molecular formula is C16H27Cl2N3O. The second kappa shape index (κ2) is 10.7. The zero-order chi connectivity index (χ0) is 14.4. The summed E-state index contributed by atoms with van der Waals surface area (Å²) in [5.74, 6) is 0.625. The highest BCUT2D eigenvalue weighted by Gasteiger charge is 2.17. The minimum absolute atomic E-state index is 0. The second-order valence-electron chi connectivity index (χ2n) is 5.36. The number of carbonyl (C=O) groups is 1. The highest BCUT2D eigenvalue weighted by molar-refractivity contribution is 5.94. The molecule has 0 radical (unpaired) electrons. The first kappa shape index (κ1) is 21.0. The van der Waals surface area contributed by atoms with E-state index in [2.05, 4.69) is 29.4 Å². The van der Waals surface area contributed by atoms with Crippen molar-refractivity contribution in [3.8, 4) is 0 Å². The largest absolute Gasteiger partial charge is 0.372 e. The molecule has 22 heavy (non-hydrogen) atoms. The van der Waals surface area contributed by atoms with Gasteiger partial charge in [0.15, 0.2) is 0 Å². The molecule has 0 aromatic heterocycles. The smallest absolute Gasteiger partial charge is 0.251 e. The standard InChI is InChI=1S/C16H25N3O.2ClH/c1-3-9-19(4-2)15-7-5-14(6-8-15)16(20)18-12-13-10-17-11-13;;/h5-8,13,17H,3-4,9-12H2,1-2H3,(H,18,20);2*1H. The van der Waals surface area contributed by atoms with Crippen LogP contribution in [0.2, 0.25) is 0 Å². The van der Waals surface area contributed by atoms with Crippen molar-refractivity contribution in [1.29, 1.82) is 0 Å². The summed E-state index contributed by atoms with van der Waals surface area (Å²) < 4.78 is 0. The second-order valence-corrected chi connectivity index (χ2v) is 5.36. The summed E-state index contributed by atoms with van der Waals surface area (Å²) in [4.78, 5) is 14.3. The van der Waals surface area contributed by atoms with Crippen LogP contribution in [0.25, 0.3) is 0 Å². The molecule has 0 aliphatic carbocycles. The average Bonchev–Trinajstić information content (AvgIpc) is 2.43. The Labute approximate surface area is 145 Å². The number of nitrogens with one attached hydrogen (secondary N) is 2. The van der Waals surface area contributed by atoms with E-state index in [0.717, 1.165) is 44.7 Å². The Bertz CT molecular complexity index is 436. The molecule has 1 heterocycles. The number of benzene rings is 1. The maximum absolute atomic E-state index is 12.0. The first-order valence-corrected chi connectivity index (χ1v) is 7.58. The van der Waals surface area contributed by atoms with E-state index < -0.39 is 0 Å². The Morgan fingerprint density at radius 1 is 1.23 bits per heavy atom. The van der Waals surface area contributed by atoms with Gasteiger partial charge in [-0.3, -0.25) is 4.79 Å². The van der Waals surface area contributed by atoms with E-state index in [1.54, 1.807) is 0 Å². The van der Waals surface area contributed by atoms with Crippen molar-refractivity contribution < 1.29 is 4.79 Å². The number of amides is 1. The van der Waals surface area contributed by atoms with Gasteiger partial charge in [0.25, 0.3) is 5.91 Å². The molecule has 1 aromatic rings. The van der Waals surface area contributed by atoms with Gasteiger partial charge < -0.3 is 15.5 Å². The molecule has 1 aliphatic heterocycles. The van der Waals surface area contributed by atoms with E-state index >= 15 is 0 Å². The summed E-state index contributed by atoms with van der Waals surface area (Å²) >= 11 is 0. The van der Waals surface area contributed by atoms with Crippen LogP contribution in [0.15, 0.2) is 24.3 Å². The lowest BCUT2D eigenvalue weighted by Gasteiger charge is -2.27. The van der Waals surface area contributed by atoms with Crippen molar-refractivity contribution in [1.82, 2.24) is 10.6 Å². The molecule has 6 heteroatoms. The first-order valence-electron chi connectivity index (χ1n) is 7.58.